The highest BCUT2D eigenvalue weighted by molar-refractivity contribution is 5.65. The second-order valence-corrected chi connectivity index (χ2v) is 6.77. The van der Waals surface area contributed by atoms with Crippen molar-refractivity contribution in [3.05, 3.63) is 59.3 Å². The minimum atomic E-state index is 0.815. The van der Waals surface area contributed by atoms with Crippen LogP contribution < -0.4 is 0 Å². The number of nitrogens with zero attached hydrogens (tertiary/aromatic N) is 5. The van der Waals surface area contributed by atoms with Crippen LogP contribution in [-0.4, -0.2) is 38.3 Å². The Hall–Kier alpha value is -2.40. The van der Waals surface area contributed by atoms with E-state index in [-0.39, 0.29) is 0 Å². The van der Waals surface area contributed by atoms with Crippen LogP contribution in [0.5, 0.6) is 0 Å². The number of benzene rings is 1. The third kappa shape index (κ3) is 3.51. The second-order valence-electron chi connectivity index (χ2n) is 6.77. The molecule has 0 saturated carbocycles. The van der Waals surface area contributed by atoms with Crippen molar-refractivity contribution in [2.24, 2.45) is 0 Å². The standard InChI is InChI=1S/C20H27N5/c1-6-25-16(3)20(15(2)22-25)19-11-21-14-24(19)13-18-10-8-7-9-17(18)12-23(4)5/h7-11,14H,6,12-13H2,1-5H3. The Balaban J connectivity index is 1.98. The molecule has 0 bridgehead atoms. The molecule has 0 atom stereocenters. The van der Waals surface area contributed by atoms with Crippen molar-refractivity contribution in [3.63, 3.8) is 0 Å². The van der Waals surface area contributed by atoms with E-state index in [4.69, 9.17) is 0 Å². The molecule has 0 spiro atoms. The van der Waals surface area contributed by atoms with Gasteiger partial charge in [-0.15, -0.1) is 0 Å². The van der Waals surface area contributed by atoms with Crippen LogP contribution in [0.25, 0.3) is 11.3 Å². The molecule has 0 amide bonds. The van der Waals surface area contributed by atoms with Gasteiger partial charge in [-0.05, 0) is 46.0 Å². The smallest absolute Gasteiger partial charge is 0.0954 e. The largest absolute Gasteiger partial charge is 0.326 e. The normalized spacial score (nSPS) is 11.4. The van der Waals surface area contributed by atoms with E-state index in [9.17, 15) is 0 Å². The van der Waals surface area contributed by atoms with Gasteiger partial charge in [-0.2, -0.15) is 5.10 Å². The fourth-order valence-corrected chi connectivity index (χ4v) is 3.42. The van der Waals surface area contributed by atoms with Crippen LogP contribution in [0.3, 0.4) is 0 Å². The highest BCUT2D eigenvalue weighted by atomic mass is 15.3. The highest BCUT2D eigenvalue weighted by Gasteiger charge is 2.17. The Morgan fingerprint density at radius 2 is 1.80 bits per heavy atom. The van der Waals surface area contributed by atoms with Crippen LogP contribution in [0.4, 0.5) is 0 Å². The molecule has 0 N–H and O–H groups in total. The molecule has 0 unspecified atom stereocenters. The first-order chi connectivity index (χ1) is 12.0. The molecule has 0 aliphatic heterocycles. The molecule has 25 heavy (non-hydrogen) atoms. The summed E-state index contributed by atoms with van der Waals surface area (Å²) < 4.78 is 4.29. The van der Waals surface area contributed by atoms with Crippen molar-refractivity contribution in [2.45, 2.75) is 40.4 Å². The minimum absolute atomic E-state index is 0.815. The maximum atomic E-state index is 4.66. The van der Waals surface area contributed by atoms with Gasteiger partial charge in [0.15, 0.2) is 0 Å². The maximum absolute atomic E-state index is 4.66. The topological polar surface area (TPSA) is 38.9 Å². The van der Waals surface area contributed by atoms with E-state index in [0.29, 0.717) is 0 Å². The van der Waals surface area contributed by atoms with Gasteiger partial charge in [0.2, 0.25) is 0 Å². The van der Waals surface area contributed by atoms with Crippen LogP contribution in [0.2, 0.25) is 0 Å². The fourth-order valence-electron chi connectivity index (χ4n) is 3.42. The van der Waals surface area contributed by atoms with Crippen molar-refractivity contribution in [3.8, 4) is 11.3 Å². The number of hydrogen-bond acceptors (Lipinski definition) is 3. The van der Waals surface area contributed by atoms with Crippen LogP contribution in [0.1, 0.15) is 29.4 Å². The van der Waals surface area contributed by atoms with E-state index in [1.165, 1.54) is 22.4 Å². The number of imidazole rings is 1. The lowest BCUT2D eigenvalue weighted by Gasteiger charge is -2.16. The molecule has 0 radical (unpaired) electrons. The predicted molar refractivity (Wildman–Crippen MR) is 102 cm³/mol. The minimum Gasteiger partial charge on any atom is -0.326 e. The zero-order valence-corrected chi connectivity index (χ0v) is 15.8. The second kappa shape index (κ2) is 7.23. The van der Waals surface area contributed by atoms with E-state index < -0.39 is 0 Å². The third-order valence-corrected chi connectivity index (χ3v) is 4.60. The average molecular weight is 337 g/mol. The molecule has 132 valence electrons. The van der Waals surface area contributed by atoms with Gasteiger partial charge in [-0.3, -0.25) is 4.68 Å². The summed E-state index contributed by atoms with van der Waals surface area (Å²) in [5.41, 5.74) is 7.27. The van der Waals surface area contributed by atoms with E-state index in [1.807, 2.05) is 12.5 Å². The van der Waals surface area contributed by atoms with Crippen molar-refractivity contribution in [1.29, 1.82) is 0 Å². The Bertz CT molecular complexity index is 857. The Morgan fingerprint density at radius 3 is 2.44 bits per heavy atom. The maximum Gasteiger partial charge on any atom is 0.0954 e. The summed E-state index contributed by atoms with van der Waals surface area (Å²) >= 11 is 0. The summed E-state index contributed by atoms with van der Waals surface area (Å²) in [5, 5.41) is 4.66. The van der Waals surface area contributed by atoms with Crippen molar-refractivity contribution >= 4 is 0 Å². The number of rotatable bonds is 6. The lowest BCUT2D eigenvalue weighted by molar-refractivity contribution is 0.400. The molecule has 0 saturated heterocycles. The molecule has 0 aliphatic rings. The van der Waals surface area contributed by atoms with E-state index in [0.717, 1.165) is 31.0 Å². The van der Waals surface area contributed by atoms with Gasteiger partial charge in [0.1, 0.15) is 0 Å². The van der Waals surface area contributed by atoms with Gasteiger partial charge in [-0.1, -0.05) is 24.3 Å². The van der Waals surface area contributed by atoms with E-state index >= 15 is 0 Å². The Morgan fingerprint density at radius 1 is 1.08 bits per heavy atom. The summed E-state index contributed by atoms with van der Waals surface area (Å²) in [6.07, 6.45) is 3.87. The monoisotopic (exact) mass is 337 g/mol. The summed E-state index contributed by atoms with van der Waals surface area (Å²) in [5.74, 6) is 0. The lowest BCUT2D eigenvalue weighted by Crippen LogP contribution is -2.13. The first kappa shape index (κ1) is 17.4. The highest BCUT2D eigenvalue weighted by Crippen LogP contribution is 2.27. The van der Waals surface area contributed by atoms with Crippen molar-refractivity contribution in [1.82, 2.24) is 24.2 Å². The van der Waals surface area contributed by atoms with E-state index in [1.54, 1.807) is 0 Å². The third-order valence-electron chi connectivity index (χ3n) is 4.60. The molecule has 0 fully saturated rings. The van der Waals surface area contributed by atoms with Crippen LogP contribution in [0, 0.1) is 13.8 Å². The van der Waals surface area contributed by atoms with Gasteiger partial charge >= 0.3 is 0 Å². The summed E-state index contributed by atoms with van der Waals surface area (Å²) in [7, 11) is 4.20. The first-order valence-electron chi connectivity index (χ1n) is 8.77. The summed E-state index contributed by atoms with van der Waals surface area (Å²) in [4.78, 5) is 6.62. The number of aromatic nitrogens is 4. The quantitative estimate of drug-likeness (QED) is 0.691. The van der Waals surface area contributed by atoms with Gasteiger partial charge in [0.05, 0.1) is 23.9 Å². The molecule has 3 rings (SSSR count). The van der Waals surface area contributed by atoms with E-state index in [2.05, 4.69) is 83.4 Å². The van der Waals surface area contributed by atoms with Crippen LogP contribution in [0.15, 0.2) is 36.8 Å². The molecule has 0 aliphatic carbocycles. The number of aryl methyl sites for hydroxylation is 2. The molecular formula is C20H27N5. The molecule has 2 heterocycles. The number of hydrogen-bond donors (Lipinski definition) is 0. The van der Waals surface area contributed by atoms with Gasteiger partial charge < -0.3 is 9.47 Å². The predicted octanol–water partition coefficient (Wildman–Crippen LogP) is 3.49. The molecular weight excluding hydrogens is 310 g/mol. The molecule has 1 aromatic carbocycles. The zero-order valence-electron chi connectivity index (χ0n) is 15.8. The average Bonchev–Trinajstić information content (AvgIpc) is 3.12. The molecule has 5 nitrogen and oxygen atoms in total. The SMILES string of the molecule is CCn1nc(C)c(-c2cncn2Cc2ccccc2CN(C)C)c1C. The lowest BCUT2D eigenvalue weighted by atomic mass is 10.1. The molecule has 3 aromatic rings. The fraction of sp³-hybridized carbons (Fsp3) is 0.400. The zero-order chi connectivity index (χ0) is 18.0. The van der Waals surface area contributed by atoms with Crippen molar-refractivity contribution in [2.75, 3.05) is 14.1 Å². The van der Waals surface area contributed by atoms with Gasteiger partial charge in [-0.25, -0.2) is 4.98 Å². The summed E-state index contributed by atoms with van der Waals surface area (Å²) in [6, 6.07) is 8.63. The Labute approximate surface area is 149 Å². The molecule has 2 aromatic heterocycles. The van der Waals surface area contributed by atoms with Crippen molar-refractivity contribution < 1.29 is 0 Å². The Kier molecular flexibility index (Phi) is 5.04. The van der Waals surface area contributed by atoms with Gasteiger partial charge in [0, 0.05) is 30.9 Å². The molecule has 5 heteroatoms. The first-order valence-corrected chi connectivity index (χ1v) is 8.77. The summed E-state index contributed by atoms with van der Waals surface area (Å²) in [6.45, 7) is 8.97. The van der Waals surface area contributed by atoms with Gasteiger partial charge in [0.25, 0.3) is 0 Å². The van der Waals surface area contributed by atoms with Crippen LogP contribution >= 0.6 is 0 Å². The van der Waals surface area contributed by atoms with Crippen LogP contribution in [-0.2, 0) is 19.6 Å².